The van der Waals surface area contributed by atoms with Crippen LogP contribution in [-0.2, 0) is 11.2 Å². The molecule has 52 heavy (non-hydrogen) atoms. The van der Waals surface area contributed by atoms with Crippen molar-refractivity contribution < 1.29 is 34.6 Å². The fourth-order valence-electron chi connectivity index (χ4n) is 4.80. The summed E-state index contributed by atoms with van der Waals surface area (Å²) in [5.74, 6) is 1.21. The third-order valence-electron chi connectivity index (χ3n) is 7.71. The predicted molar refractivity (Wildman–Crippen MR) is 205 cm³/mol. The first-order chi connectivity index (χ1) is 25.0. The average molecular weight is 721 g/mol. The Morgan fingerprint density at radius 1 is 0.750 bits per heavy atom. The number of hydrogen-bond donors (Lipinski definition) is 4. The molecule has 0 fully saturated rings. The minimum absolute atomic E-state index is 0.0112. The second-order valence-corrected chi connectivity index (χ2v) is 12.4. The van der Waals surface area contributed by atoms with E-state index in [0.717, 1.165) is 41.5 Å². The van der Waals surface area contributed by atoms with Crippen molar-refractivity contribution in [1.29, 1.82) is 0 Å². The van der Waals surface area contributed by atoms with E-state index in [-0.39, 0.29) is 43.0 Å². The Balaban J connectivity index is 0.000000929. The van der Waals surface area contributed by atoms with Crippen LogP contribution in [0.2, 0.25) is 0 Å². The zero-order valence-electron chi connectivity index (χ0n) is 31.8. The van der Waals surface area contributed by atoms with Gasteiger partial charge in [-0.25, -0.2) is 15.0 Å². The molecule has 0 bridgehead atoms. The summed E-state index contributed by atoms with van der Waals surface area (Å²) in [6.07, 6.45) is 4.60. The molecule has 0 amide bonds. The number of aliphatic hydroxyl groups excluding tert-OH is 2. The number of aliphatic hydroxyl groups is 2. The summed E-state index contributed by atoms with van der Waals surface area (Å²) in [7, 11) is 1.48. The highest BCUT2D eigenvalue weighted by Crippen LogP contribution is 2.37. The lowest BCUT2D eigenvalue weighted by atomic mass is 9.96. The number of phenolic OH excluding ortho intramolecular Hbond substituents is 2. The van der Waals surface area contributed by atoms with Crippen molar-refractivity contribution >= 4 is 0 Å². The number of benzene rings is 3. The smallest absolute Gasteiger partial charge is 0.167 e. The average Bonchev–Trinajstić information content (AvgIpc) is 3.13. The normalized spacial score (nSPS) is 11.7. The van der Waals surface area contributed by atoms with Gasteiger partial charge in [0.25, 0.3) is 0 Å². The highest BCUT2D eigenvalue weighted by atomic mass is 16.5. The van der Waals surface area contributed by atoms with E-state index in [9.17, 15) is 20.2 Å². The quantitative estimate of drug-likeness (QED) is 0.0826. The van der Waals surface area contributed by atoms with Crippen molar-refractivity contribution in [2.45, 2.75) is 92.7 Å². The second-order valence-electron chi connectivity index (χ2n) is 12.4. The summed E-state index contributed by atoms with van der Waals surface area (Å²) in [5.41, 5.74) is 4.64. The Morgan fingerprint density at radius 3 is 1.71 bits per heavy atom. The highest BCUT2D eigenvalue weighted by molar-refractivity contribution is 5.74. The minimum Gasteiger partial charge on any atom is -0.507 e. The number of aromatic nitrogens is 3. The van der Waals surface area contributed by atoms with Crippen LogP contribution in [-0.4, -0.2) is 81.1 Å². The van der Waals surface area contributed by atoms with E-state index in [2.05, 4.69) is 50.0 Å². The van der Waals surface area contributed by atoms with Crippen molar-refractivity contribution in [3.05, 3.63) is 70.1 Å². The van der Waals surface area contributed by atoms with Crippen LogP contribution < -0.4 is 9.47 Å². The molecule has 1 aromatic heterocycles. The third kappa shape index (κ3) is 13.5. The molecule has 0 aliphatic carbocycles. The molecule has 0 aliphatic heterocycles. The molecule has 12 nitrogen and oxygen atoms in total. The van der Waals surface area contributed by atoms with E-state index < -0.39 is 12.1 Å². The van der Waals surface area contributed by atoms with E-state index in [4.69, 9.17) is 29.3 Å². The van der Waals surface area contributed by atoms with E-state index in [1.54, 1.807) is 31.2 Å². The number of aryl methyl sites for hydroxylation is 3. The maximum atomic E-state index is 11.0. The highest BCUT2D eigenvalue weighted by Gasteiger charge is 2.20. The molecule has 12 heteroatoms. The first kappa shape index (κ1) is 43.5. The summed E-state index contributed by atoms with van der Waals surface area (Å²) in [5, 5.41) is 42.8. The standard InChI is InChI=1S/C32H36N4O7.C4H10O.C4H10/c1-6-21-12-18(2)11-19(3)29(21)32-34-30(25-9-7-23(13-27(25)38)42-15-20(4)36-40)33-31(35-32)26-10-8-24(14-28(26)39)43-17-22(37)16-41-5;1-2-3-4-5;1-3-4-2/h7-14,20,22,37-39H,6,15-17H2,1-5H3;5H,2-4H2,1H3;3-4H2,1-2H3. The van der Waals surface area contributed by atoms with Crippen molar-refractivity contribution in [2.75, 3.05) is 33.5 Å². The van der Waals surface area contributed by atoms with Crippen LogP contribution in [0, 0.1) is 18.8 Å². The molecule has 0 aliphatic rings. The van der Waals surface area contributed by atoms with Gasteiger partial charge in [-0.2, -0.15) is 4.91 Å². The maximum absolute atomic E-state index is 11.0. The van der Waals surface area contributed by atoms with Crippen LogP contribution >= 0.6 is 0 Å². The monoisotopic (exact) mass is 720 g/mol. The van der Waals surface area contributed by atoms with Crippen LogP contribution in [0.15, 0.2) is 53.7 Å². The first-order valence-corrected chi connectivity index (χ1v) is 17.9. The van der Waals surface area contributed by atoms with Gasteiger partial charge in [-0.3, -0.25) is 0 Å². The topological polar surface area (TPSA) is 177 Å². The van der Waals surface area contributed by atoms with E-state index in [0.29, 0.717) is 35.1 Å². The maximum Gasteiger partial charge on any atom is 0.167 e. The fraction of sp³-hybridized carbons (Fsp3) is 0.475. The number of rotatable bonds is 16. The molecule has 1 heterocycles. The fourth-order valence-corrected chi connectivity index (χ4v) is 4.80. The van der Waals surface area contributed by atoms with Crippen LogP contribution in [0.25, 0.3) is 34.2 Å². The van der Waals surface area contributed by atoms with Gasteiger partial charge in [-0.15, -0.1) is 0 Å². The Morgan fingerprint density at radius 2 is 1.29 bits per heavy atom. The summed E-state index contributed by atoms with van der Waals surface area (Å²) in [4.78, 5) is 24.9. The Kier molecular flexibility index (Phi) is 19.3. The number of phenols is 2. The van der Waals surface area contributed by atoms with Gasteiger partial charge < -0.3 is 34.6 Å². The third-order valence-corrected chi connectivity index (χ3v) is 7.71. The van der Waals surface area contributed by atoms with Gasteiger partial charge in [-0.1, -0.05) is 69.8 Å². The van der Waals surface area contributed by atoms with Crippen molar-refractivity contribution in [2.24, 2.45) is 5.18 Å². The molecular weight excluding hydrogens is 664 g/mol. The largest absolute Gasteiger partial charge is 0.507 e. The Bertz CT molecular complexity index is 1680. The van der Waals surface area contributed by atoms with Gasteiger partial charge in [0.15, 0.2) is 17.5 Å². The van der Waals surface area contributed by atoms with Gasteiger partial charge >= 0.3 is 0 Å². The lowest BCUT2D eigenvalue weighted by molar-refractivity contribution is 0.0325. The minimum atomic E-state index is -0.819. The van der Waals surface area contributed by atoms with Crippen LogP contribution in [0.1, 0.15) is 77.0 Å². The summed E-state index contributed by atoms with van der Waals surface area (Å²) >= 11 is 0. The molecule has 2 atom stereocenters. The molecule has 0 radical (unpaired) electrons. The zero-order chi connectivity index (χ0) is 38.6. The first-order valence-electron chi connectivity index (χ1n) is 17.9. The van der Waals surface area contributed by atoms with Gasteiger partial charge in [0, 0.05) is 31.4 Å². The Labute approximate surface area is 307 Å². The van der Waals surface area contributed by atoms with Crippen molar-refractivity contribution in [3.8, 4) is 57.2 Å². The van der Waals surface area contributed by atoms with E-state index in [1.807, 2.05) is 13.8 Å². The molecule has 2 unspecified atom stereocenters. The number of aromatic hydroxyl groups is 2. The van der Waals surface area contributed by atoms with Gasteiger partial charge in [0.2, 0.25) is 0 Å². The molecule has 4 rings (SSSR count). The van der Waals surface area contributed by atoms with Crippen molar-refractivity contribution in [3.63, 3.8) is 0 Å². The van der Waals surface area contributed by atoms with Crippen LogP contribution in [0.3, 0.4) is 0 Å². The van der Waals surface area contributed by atoms with Crippen LogP contribution in [0.4, 0.5) is 0 Å². The Hall–Kier alpha value is -4.65. The predicted octanol–water partition coefficient (Wildman–Crippen LogP) is 7.97. The van der Waals surface area contributed by atoms with Gasteiger partial charge in [0.1, 0.15) is 48.4 Å². The summed E-state index contributed by atoms with van der Waals surface area (Å²) in [6, 6.07) is 13.0. The molecule has 0 spiro atoms. The molecule has 0 saturated carbocycles. The SMILES string of the molecule is CCCC.CCCCO.CCc1cc(C)cc(C)c1-c1nc(-c2ccc(OCC(O)COC)cc2O)nc(-c2ccc(OCC(C)N=O)cc2O)n1. The number of methoxy groups -OCH3 is 1. The molecule has 3 aromatic carbocycles. The summed E-state index contributed by atoms with van der Waals surface area (Å²) < 4.78 is 16.1. The number of hydrogen-bond acceptors (Lipinski definition) is 12. The lowest BCUT2D eigenvalue weighted by Crippen LogP contribution is -2.22. The lowest BCUT2D eigenvalue weighted by Gasteiger charge is -2.16. The van der Waals surface area contributed by atoms with Gasteiger partial charge in [0.05, 0.1) is 17.7 Å². The molecule has 0 saturated heterocycles. The second kappa shape index (κ2) is 23.0. The van der Waals surface area contributed by atoms with Gasteiger partial charge in [-0.05, 0) is 69.0 Å². The summed E-state index contributed by atoms with van der Waals surface area (Å²) in [6.45, 7) is 14.6. The molecular formula is C40H56N4O8. The number of unbranched alkanes of at least 4 members (excludes halogenated alkanes) is 2. The zero-order valence-corrected chi connectivity index (χ0v) is 31.8. The van der Waals surface area contributed by atoms with Crippen molar-refractivity contribution in [1.82, 2.24) is 15.0 Å². The number of nitroso groups, excluding NO2 is 1. The van der Waals surface area contributed by atoms with E-state index >= 15 is 0 Å². The number of nitrogens with zero attached hydrogens (tertiary/aromatic N) is 4. The molecule has 4 N–H and O–H groups in total. The molecule has 284 valence electrons. The molecule has 4 aromatic rings. The van der Waals surface area contributed by atoms with Crippen LogP contribution in [0.5, 0.6) is 23.0 Å². The number of ether oxygens (including phenoxy) is 3. The van der Waals surface area contributed by atoms with E-state index in [1.165, 1.54) is 32.1 Å².